The molecule has 1 rings (SSSR count). The molecule has 0 saturated carbocycles. The second kappa shape index (κ2) is 7.47. The summed E-state index contributed by atoms with van der Waals surface area (Å²) in [4.78, 5) is 27.5. The van der Waals surface area contributed by atoms with Gasteiger partial charge in [0.1, 0.15) is 6.04 Å². The minimum atomic E-state index is -0.546. The molecular weight excluding hydrogens is 272 g/mol. The van der Waals surface area contributed by atoms with Crippen LogP contribution in [0.2, 0.25) is 0 Å². The van der Waals surface area contributed by atoms with E-state index in [0.29, 0.717) is 12.5 Å². The summed E-state index contributed by atoms with van der Waals surface area (Å²) in [5.41, 5.74) is 6.25. The molecule has 7 heteroatoms. The Kier molecular flexibility index (Phi) is 5.95. The number of carbonyl (C=O) groups is 2. The van der Waals surface area contributed by atoms with Crippen LogP contribution < -0.4 is 16.4 Å². The van der Waals surface area contributed by atoms with Crippen molar-refractivity contribution in [3.63, 3.8) is 0 Å². The Balaban J connectivity index is 2.79. The quantitative estimate of drug-likeness (QED) is 0.676. The summed E-state index contributed by atoms with van der Waals surface area (Å²) in [5, 5.41) is 5.71. The molecule has 0 bridgehead atoms. The lowest BCUT2D eigenvalue weighted by Crippen LogP contribution is -2.39. The number of esters is 1. The van der Waals surface area contributed by atoms with Gasteiger partial charge in [-0.25, -0.2) is 9.78 Å². The zero-order chi connectivity index (χ0) is 16.0. The zero-order valence-corrected chi connectivity index (χ0v) is 12.8. The normalized spacial score (nSPS) is 11.9. The molecule has 1 atom stereocenters. The maximum Gasteiger partial charge on any atom is 0.340 e. The van der Waals surface area contributed by atoms with Crippen LogP contribution in [0.5, 0.6) is 0 Å². The van der Waals surface area contributed by atoms with Crippen LogP contribution in [0, 0.1) is 5.92 Å². The Morgan fingerprint density at radius 1 is 1.38 bits per heavy atom. The molecule has 116 valence electrons. The highest BCUT2D eigenvalue weighted by molar-refractivity contribution is 5.98. The predicted molar refractivity (Wildman–Crippen MR) is 80.9 cm³/mol. The third kappa shape index (κ3) is 4.62. The SMILES string of the molecule is COC(=O)c1ccnc(NC(C)C(=O)NCC(C)C)c1N. The van der Waals surface area contributed by atoms with Crippen molar-refractivity contribution in [2.75, 3.05) is 24.7 Å². The maximum atomic E-state index is 11.9. The van der Waals surface area contributed by atoms with E-state index >= 15 is 0 Å². The Morgan fingerprint density at radius 3 is 2.62 bits per heavy atom. The number of ether oxygens (including phenoxy) is 1. The highest BCUT2D eigenvalue weighted by Crippen LogP contribution is 2.21. The van der Waals surface area contributed by atoms with E-state index in [9.17, 15) is 9.59 Å². The molecular formula is C14H22N4O3. The van der Waals surface area contributed by atoms with Crippen molar-refractivity contribution in [1.29, 1.82) is 0 Å². The minimum absolute atomic E-state index is 0.159. The molecule has 1 heterocycles. The van der Waals surface area contributed by atoms with Gasteiger partial charge in [0.05, 0.1) is 18.4 Å². The molecule has 0 fully saturated rings. The molecule has 0 aromatic carbocycles. The number of anilines is 2. The van der Waals surface area contributed by atoms with Crippen molar-refractivity contribution in [1.82, 2.24) is 10.3 Å². The Morgan fingerprint density at radius 2 is 2.05 bits per heavy atom. The number of nitrogen functional groups attached to an aromatic ring is 1. The van der Waals surface area contributed by atoms with Crippen molar-refractivity contribution < 1.29 is 14.3 Å². The number of hydrogen-bond acceptors (Lipinski definition) is 6. The first kappa shape index (κ1) is 16.7. The van der Waals surface area contributed by atoms with E-state index in [1.54, 1.807) is 6.92 Å². The molecule has 0 aliphatic carbocycles. The van der Waals surface area contributed by atoms with Gasteiger partial charge in [0.15, 0.2) is 5.82 Å². The first-order valence-corrected chi connectivity index (χ1v) is 6.73. The van der Waals surface area contributed by atoms with Gasteiger partial charge < -0.3 is 21.1 Å². The lowest BCUT2D eigenvalue weighted by Gasteiger charge is -2.17. The molecule has 4 N–H and O–H groups in total. The second-order valence-corrected chi connectivity index (χ2v) is 5.12. The molecule has 0 radical (unpaired) electrons. The number of hydrogen-bond donors (Lipinski definition) is 3. The number of nitrogens with one attached hydrogen (secondary N) is 2. The van der Waals surface area contributed by atoms with Crippen LogP contribution >= 0.6 is 0 Å². The van der Waals surface area contributed by atoms with Crippen molar-refractivity contribution in [3.8, 4) is 0 Å². The van der Waals surface area contributed by atoms with Crippen LogP contribution in [0.3, 0.4) is 0 Å². The molecule has 1 aromatic heterocycles. The Bertz CT molecular complexity index is 517. The van der Waals surface area contributed by atoms with E-state index in [1.807, 2.05) is 13.8 Å². The Hall–Kier alpha value is -2.31. The molecule has 0 aliphatic heterocycles. The number of methoxy groups -OCH3 is 1. The van der Waals surface area contributed by atoms with E-state index in [4.69, 9.17) is 5.73 Å². The number of amides is 1. The summed E-state index contributed by atoms with van der Waals surface area (Å²) in [5.74, 6) is -0.0553. The third-order valence-electron chi connectivity index (χ3n) is 2.83. The summed E-state index contributed by atoms with van der Waals surface area (Å²) in [6, 6.07) is 0.946. The summed E-state index contributed by atoms with van der Waals surface area (Å²) < 4.78 is 4.64. The van der Waals surface area contributed by atoms with Gasteiger partial charge in [-0.1, -0.05) is 13.8 Å². The van der Waals surface area contributed by atoms with Gasteiger partial charge in [0.25, 0.3) is 0 Å². The van der Waals surface area contributed by atoms with E-state index in [1.165, 1.54) is 19.4 Å². The molecule has 7 nitrogen and oxygen atoms in total. The van der Waals surface area contributed by atoms with E-state index in [0.717, 1.165) is 0 Å². The number of nitrogens with two attached hydrogens (primary N) is 1. The number of rotatable bonds is 6. The van der Waals surface area contributed by atoms with Crippen molar-refractivity contribution in [2.45, 2.75) is 26.8 Å². The summed E-state index contributed by atoms with van der Waals surface area (Å²) in [6.07, 6.45) is 1.43. The van der Waals surface area contributed by atoms with Crippen molar-refractivity contribution >= 4 is 23.4 Å². The molecule has 1 aromatic rings. The van der Waals surface area contributed by atoms with Gasteiger partial charge in [-0.05, 0) is 18.9 Å². The molecule has 1 amide bonds. The van der Waals surface area contributed by atoms with Crippen LogP contribution in [0.15, 0.2) is 12.3 Å². The van der Waals surface area contributed by atoms with E-state index in [-0.39, 0.29) is 23.0 Å². The van der Waals surface area contributed by atoms with Crippen LogP contribution in [0.4, 0.5) is 11.5 Å². The summed E-state index contributed by atoms with van der Waals surface area (Å²) >= 11 is 0. The van der Waals surface area contributed by atoms with Crippen LogP contribution in [0.1, 0.15) is 31.1 Å². The Labute approximate surface area is 124 Å². The smallest absolute Gasteiger partial charge is 0.340 e. The molecule has 21 heavy (non-hydrogen) atoms. The summed E-state index contributed by atoms with van der Waals surface area (Å²) in [6.45, 7) is 6.31. The average Bonchev–Trinajstić information content (AvgIpc) is 2.45. The fourth-order valence-electron chi connectivity index (χ4n) is 1.60. The maximum absolute atomic E-state index is 11.9. The van der Waals surface area contributed by atoms with Gasteiger partial charge in [0.2, 0.25) is 5.91 Å². The number of carbonyl (C=O) groups excluding carboxylic acids is 2. The predicted octanol–water partition coefficient (Wildman–Crippen LogP) is 1.02. The third-order valence-corrected chi connectivity index (χ3v) is 2.83. The van der Waals surface area contributed by atoms with Gasteiger partial charge in [-0.15, -0.1) is 0 Å². The van der Waals surface area contributed by atoms with Gasteiger partial charge >= 0.3 is 5.97 Å². The van der Waals surface area contributed by atoms with Gasteiger partial charge in [0, 0.05) is 12.7 Å². The lowest BCUT2D eigenvalue weighted by molar-refractivity contribution is -0.121. The number of aromatic nitrogens is 1. The molecule has 0 aliphatic rings. The molecule has 0 saturated heterocycles. The second-order valence-electron chi connectivity index (χ2n) is 5.12. The minimum Gasteiger partial charge on any atom is -0.465 e. The monoisotopic (exact) mass is 294 g/mol. The largest absolute Gasteiger partial charge is 0.465 e. The van der Waals surface area contributed by atoms with Crippen LogP contribution in [0.25, 0.3) is 0 Å². The van der Waals surface area contributed by atoms with Crippen LogP contribution in [-0.2, 0) is 9.53 Å². The van der Waals surface area contributed by atoms with E-state index in [2.05, 4.69) is 20.4 Å². The number of nitrogens with zero attached hydrogens (tertiary/aromatic N) is 1. The van der Waals surface area contributed by atoms with E-state index < -0.39 is 12.0 Å². The van der Waals surface area contributed by atoms with Gasteiger partial charge in [-0.3, -0.25) is 4.79 Å². The van der Waals surface area contributed by atoms with Crippen LogP contribution in [-0.4, -0.2) is 36.6 Å². The highest BCUT2D eigenvalue weighted by Gasteiger charge is 2.18. The summed E-state index contributed by atoms with van der Waals surface area (Å²) in [7, 11) is 1.28. The fraction of sp³-hybridized carbons (Fsp3) is 0.500. The highest BCUT2D eigenvalue weighted by atomic mass is 16.5. The lowest BCUT2D eigenvalue weighted by atomic mass is 10.2. The van der Waals surface area contributed by atoms with Crippen molar-refractivity contribution in [2.24, 2.45) is 5.92 Å². The number of pyridine rings is 1. The first-order chi connectivity index (χ1) is 9.86. The van der Waals surface area contributed by atoms with Crippen molar-refractivity contribution in [3.05, 3.63) is 17.8 Å². The zero-order valence-electron chi connectivity index (χ0n) is 12.8. The van der Waals surface area contributed by atoms with Gasteiger partial charge in [-0.2, -0.15) is 0 Å². The topological polar surface area (TPSA) is 106 Å². The molecule has 1 unspecified atom stereocenters. The standard InChI is InChI=1S/C14H22N4O3/c1-8(2)7-17-13(19)9(3)18-12-11(15)10(5-6-16-12)14(20)21-4/h5-6,8-9H,7,15H2,1-4H3,(H,16,18)(H,17,19). The average molecular weight is 294 g/mol. The first-order valence-electron chi connectivity index (χ1n) is 6.73. The molecule has 0 spiro atoms. The fourth-order valence-corrected chi connectivity index (χ4v) is 1.60.